The molecule has 0 saturated carbocycles. The Kier molecular flexibility index (Phi) is 3.13. The molecule has 0 aliphatic heterocycles. The van der Waals surface area contributed by atoms with Gasteiger partial charge in [-0.25, -0.2) is 13.8 Å². The Morgan fingerprint density at radius 2 is 2.15 bits per heavy atom. The van der Waals surface area contributed by atoms with Crippen molar-refractivity contribution in [1.29, 1.82) is 0 Å². The summed E-state index contributed by atoms with van der Waals surface area (Å²) in [4.78, 5) is 3.28. The standard InChI is InChI=1S/C7H5BrF3NO/c1-13-5-3(6(9)10)2-4(8)12-7(5)11/h2,6H,1H3. The van der Waals surface area contributed by atoms with Gasteiger partial charge in [-0.05, 0) is 22.0 Å². The average Bonchev–Trinajstić information content (AvgIpc) is 2.02. The molecule has 0 spiro atoms. The first-order chi connectivity index (χ1) is 6.06. The fraction of sp³-hybridized carbons (Fsp3) is 0.286. The van der Waals surface area contributed by atoms with E-state index in [1.807, 2.05) is 0 Å². The van der Waals surface area contributed by atoms with Crippen molar-refractivity contribution in [2.45, 2.75) is 6.43 Å². The van der Waals surface area contributed by atoms with E-state index in [0.29, 0.717) is 0 Å². The van der Waals surface area contributed by atoms with Crippen LogP contribution in [0.25, 0.3) is 0 Å². The smallest absolute Gasteiger partial charge is 0.267 e. The van der Waals surface area contributed by atoms with Crippen molar-refractivity contribution < 1.29 is 17.9 Å². The molecule has 0 radical (unpaired) electrons. The Labute approximate surface area is 80.9 Å². The fourth-order valence-electron chi connectivity index (χ4n) is 0.854. The van der Waals surface area contributed by atoms with E-state index in [1.165, 1.54) is 0 Å². The predicted octanol–water partition coefficient (Wildman–Crippen LogP) is 2.93. The highest BCUT2D eigenvalue weighted by atomic mass is 79.9. The summed E-state index contributed by atoms with van der Waals surface area (Å²) in [5, 5.41) is 0. The lowest BCUT2D eigenvalue weighted by Gasteiger charge is -2.07. The first-order valence-electron chi connectivity index (χ1n) is 3.24. The molecule has 0 fully saturated rings. The highest BCUT2D eigenvalue weighted by Gasteiger charge is 2.19. The Morgan fingerprint density at radius 3 is 2.62 bits per heavy atom. The number of pyridine rings is 1. The minimum Gasteiger partial charge on any atom is -0.492 e. The van der Waals surface area contributed by atoms with Crippen LogP contribution in [0.15, 0.2) is 10.7 Å². The number of hydrogen-bond acceptors (Lipinski definition) is 2. The third kappa shape index (κ3) is 2.12. The summed E-state index contributed by atoms with van der Waals surface area (Å²) in [7, 11) is 1.11. The van der Waals surface area contributed by atoms with Gasteiger partial charge in [-0.2, -0.15) is 4.39 Å². The Bertz CT molecular complexity index is 319. The molecule has 0 unspecified atom stereocenters. The Morgan fingerprint density at radius 1 is 1.54 bits per heavy atom. The quantitative estimate of drug-likeness (QED) is 0.759. The molecule has 0 N–H and O–H groups in total. The largest absolute Gasteiger partial charge is 0.492 e. The van der Waals surface area contributed by atoms with Gasteiger partial charge in [0, 0.05) is 0 Å². The summed E-state index contributed by atoms with van der Waals surface area (Å²) in [5.41, 5.74) is -0.512. The second-order valence-electron chi connectivity index (χ2n) is 2.16. The van der Waals surface area contributed by atoms with Gasteiger partial charge in [-0.3, -0.25) is 0 Å². The van der Waals surface area contributed by atoms with Crippen molar-refractivity contribution in [2.24, 2.45) is 0 Å². The SMILES string of the molecule is COc1c(C(F)F)cc(Br)nc1F. The molecule has 0 amide bonds. The maximum Gasteiger partial charge on any atom is 0.267 e. The number of nitrogens with zero attached hydrogens (tertiary/aromatic N) is 1. The molecule has 0 bridgehead atoms. The lowest BCUT2D eigenvalue weighted by Crippen LogP contribution is -1.98. The maximum atomic E-state index is 12.9. The zero-order valence-electron chi connectivity index (χ0n) is 6.52. The third-order valence-electron chi connectivity index (χ3n) is 1.37. The lowest BCUT2D eigenvalue weighted by atomic mass is 10.2. The zero-order valence-corrected chi connectivity index (χ0v) is 8.11. The van der Waals surface area contributed by atoms with Crippen LogP contribution in [0.3, 0.4) is 0 Å². The van der Waals surface area contributed by atoms with Gasteiger partial charge in [0.2, 0.25) is 0 Å². The molecule has 2 nitrogen and oxygen atoms in total. The van der Waals surface area contributed by atoms with E-state index in [9.17, 15) is 13.2 Å². The predicted molar refractivity (Wildman–Crippen MR) is 43.4 cm³/mol. The minimum atomic E-state index is -2.79. The van der Waals surface area contributed by atoms with Crippen LogP contribution in [0.1, 0.15) is 12.0 Å². The van der Waals surface area contributed by atoms with Crippen LogP contribution in [0.5, 0.6) is 5.75 Å². The van der Waals surface area contributed by atoms with Gasteiger partial charge < -0.3 is 4.74 Å². The average molecular weight is 256 g/mol. The summed E-state index contributed by atoms with van der Waals surface area (Å²) in [6, 6.07) is 1.02. The van der Waals surface area contributed by atoms with Crippen LogP contribution >= 0.6 is 15.9 Å². The van der Waals surface area contributed by atoms with E-state index >= 15 is 0 Å². The highest BCUT2D eigenvalue weighted by Crippen LogP contribution is 2.32. The first kappa shape index (κ1) is 10.3. The Balaban J connectivity index is 3.29. The van der Waals surface area contributed by atoms with E-state index in [4.69, 9.17) is 0 Å². The maximum absolute atomic E-state index is 12.9. The monoisotopic (exact) mass is 255 g/mol. The van der Waals surface area contributed by atoms with Gasteiger partial charge in [-0.1, -0.05) is 0 Å². The van der Waals surface area contributed by atoms with Crippen molar-refractivity contribution >= 4 is 15.9 Å². The summed E-state index contributed by atoms with van der Waals surface area (Å²) in [6.07, 6.45) is -2.79. The van der Waals surface area contributed by atoms with Crippen molar-refractivity contribution in [3.05, 3.63) is 22.2 Å². The number of rotatable bonds is 2. The topological polar surface area (TPSA) is 22.1 Å². The van der Waals surface area contributed by atoms with Crippen molar-refractivity contribution in [1.82, 2.24) is 4.98 Å². The molecule has 0 aromatic carbocycles. The van der Waals surface area contributed by atoms with Crippen LogP contribution in [0, 0.1) is 5.95 Å². The van der Waals surface area contributed by atoms with Crippen molar-refractivity contribution in [3.8, 4) is 5.75 Å². The summed E-state index contributed by atoms with van der Waals surface area (Å²) >= 11 is 2.80. The third-order valence-corrected chi connectivity index (χ3v) is 1.77. The molecule has 0 atom stereocenters. The fourth-order valence-corrected chi connectivity index (χ4v) is 1.26. The van der Waals surface area contributed by atoms with E-state index in [2.05, 4.69) is 25.7 Å². The number of alkyl halides is 2. The molecule has 13 heavy (non-hydrogen) atoms. The molecule has 0 saturated heterocycles. The van der Waals surface area contributed by atoms with E-state index in [0.717, 1.165) is 13.2 Å². The van der Waals surface area contributed by atoms with E-state index < -0.39 is 23.7 Å². The Hall–Kier alpha value is -0.780. The second-order valence-corrected chi connectivity index (χ2v) is 2.97. The minimum absolute atomic E-state index is 0.0149. The van der Waals surface area contributed by atoms with Crippen molar-refractivity contribution in [2.75, 3.05) is 7.11 Å². The van der Waals surface area contributed by atoms with E-state index in [-0.39, 0.29) is 4.60 Å². The molecule has 0 aliphatic carbocycles. The normalized spacial score (nSPS) is 10.6. The highest BCUT2D eigenvalue weighted by molar-refractivity contribution is 9.10. The summed E-state index contributed by atoms with van der Waals surface area (Å²) in [5.74, 6) is -1.56. The van der Waals surface area contributed by atoms with Gasteiger partial charge in [-0.15, -0.1) is 0 Å². The molecule has 72 valence electrons. The number of ether oxygens (including phenoxy) is 1. The number of aromatic nitrogens is 1. The van der Waals surface area contributed by atoms with Gasteiger partial charge in [0.25, 0.3) is 12.4 Å². The van der Waals surface area contributed by atoms with Crippen LogP contribution in [-0.2, 0) is 0 Å². The summed E-state index contributed by atoms with van der Waals surface area (Å²) < 4.78 is 41.9. The number of methoxy groups -OCH3 is 1. The number of hydrogen-bond donors (Lipinski definition) is 0. The second kappa shape index (κ2) is 3.95. The van der Waals surface area contributed by atoms with Crippen LogP contribution in [-0.4, -0.2) is 12.1 Å². The molecule has 1 aromatic heterocycles. The van der Waals surface area contributed by atoms with Crippen LogP contribution in [0.2, 0.25) is 0 Å². The van der Waals surface area contributed by atoms with Crippen LogP contribution in [0.4, 0.5) is 13.2 Å². The zero-order chi connectivity index (χ0) is 10.0. The van der Waals surface area contributed by atoms with Gasteiger partial charge in [0.15, 0.2) is 5.75 Å². The molecular formula is C7H5BrF3NO. The molecular weight excluding hydrogens is 251 g/mol. The van der Waals surface area contributed by atoms with Gasteiger partial charge in [0.1, 0.15) is 4.60 Å². The first-order valence-corrected chi connectivity index (χ1v) is 4.03. The molecule has 1 rings (SSSR count). The molecule has 0 aliphatic rings. The van der Waals surface area contributed by atoms with E-state index in [1.54, 1.807) is 0 Å². The lowest BCUT2D eigenvalue weighted by molar-refractivity contribution is 0.145. The van der Waals surface area contributed by atoms with Crippen molar-refractivity contribution in [3.63, 3.8) is 0 Å². The van der Waals surface area contributed by atoms with Gasteiger partial charge >= 0.3 is 0 Å². The van der Waals surface area contributed by atoms with Gasteiger partial charge in [0.05, 0.1) is 12.7 Å². The summed E-state index contributed by atoms with van der Waals surface area (Å²) in [6.45, 7) is 0. The molecule has 1 aromatic rings. The van der Waals surface area contributed by atoms with Crippen LogP contribution < -0.4 is 4.74 Å². The number of halogens is 4. The molecule has 6 heteroatoms. The molecule has 1 heterocycles.